The van der Waals surface area contributed by atoms with Crippen LogP contribution in [0.2, 0.25) is 25.2 Å². The normalized spacial score (nSPS) is 30.4. The third-order valence-corrected chi connectivity index (χ3v) is 19.1. The Bertz CT molecular complexity index is 1940. The number of fused-ring (bicyclic) bond motifs is 12. The van der Waals surface area contributed by atoms with E-state index in [0.717, 1.165) is 17.5 Å². The van der Waals surface area contributed by atoms with Gasteiger partial charge < -0.3 is 9.26 Å². The van der Waals surface area contributed by atoms with Crippen LogP contribution in [0.3, 0.4) is 0 Å². The lowest BCUT2D eigenvalue weighted by molar-refractivity contribution is 0.216. The molecule has 2 heterocycles. The molecule has 1 aliphatic heterocycles. The molecular formula is C35H28Cl14NO4PS. The summed E-state index contributed by atoms with van der Waals surface area (Å²) < 4.78 is 18.9. The second kappa shape index (κ2) is 17.7. The van der Waals surface area contributed by atoms with Gasteiger partial charge in [-0.15, -0.1) is 23.2 Å². The fourth-order valence-corrected chi connectivity index (χ4v) is 14.9. The van der Waals surface area contributed by atoms with Gasteiger partial charge >= 0.3 is 6.72 Å². The molecule has 8 unspecified atom stereocenters. The molecular weight excluding hydrogens is 1060 g/mol. The number of rotatable bonds is 8. The van der Waals surface area contributed by atoms with Gasteiger partial charge in [-0.05, 0) is 85.4 Å². The first-order valence-corrected chi connectivity index (χ1v) is 24.6. The molecule has 0 amide bonds. The summed E-state index contributed by atoms with van der Waals surface area (Å²) in [5.74, 6) is 0.446. The molecule has 56 heavy (non-hydrogen) atoms. The van der Waals surface area contributed by atoms with Crippen molar-refractivity contribution in [3.8, 4) is 5.88 Å². The van der Waals surface area contributed by atoms with E-state index in [2.05, 4.69) is 4.98 Å². The molecule has 4 aliphatic carbocycles. The number of nitrogens with zero attached hydrogens (tertiary/aromatic N) is 1. The van der Waals surface area contributed by atoms with Gasteiger partial charge in [-0.2, -0.15) is 4.98 Å². The Balaban J connectivity index is 0.000000143. The Hall–Kier alpha value is 1.72. The summed E-state index contributed by atoms with van der Waals surface area (Å²) in [6, 6.07) is 15.9. The van der Waals surface area contributed by atoms with Crippen LogP contribution >= 0.6 is 169 Å². The van der Waals surface area contributed by atoms with Crippen LogP contribution in [0.15, 0.2) is 64.7 Å². The summed E-state index contributed by atoms with van der Waals surface area (Å²) >= 11 is 92.3. The monoisotopic (exact) mass is 1080 g/mol. The fourth-order valence-electron chi connectivity index (χ4n) is 8.18. The molecule has 21 heteroatoms. The molecule has 1 aromatic heterocycles. The molecule has 5 nitrogen and oxygen atoms in total. The number of pyridine rings is 1. The van der Waals surface area contributed by atoms with Crippen molar-refractivity contribution in [2.75, 3.05) is 13.2 Å². The van der Waals surface area contributed by atoms with Gasteiger partial charge in [-0.1, -0.05) is 163 Å². The standard InChI is InChI=1S/C14H9Cl5.C12H8Cl6O.C9H11Cl3NO3PS/c15-11-5-1-9(2-6-11)13(14(17,18)19)10-3-7-12(16)8-4-10;13-8-9(14)11(16)5-3-1-2(6-7(3)19-6)4(5)10(8,15)12(11,17)18;1-3-14-17(18,15-4-2)16-9-7(11)5-6(10)8(12)13-9/h1-8,13H;2-7H,1H2;5H,3-4H2,1-2H3. The number of epoxide rings is 1. The highest BCUT2D eigenvalue weighted by molar-refractivity contribution is 8.07. The summed E-state index contributed by atoms with van der Waals surface area (Å²) in [5, 5.41) is 2.42. The van der Waals surface area contributed by atoms with Gasteiger partial charge in [0.2, 0.25) is 9.67 Å². The summed E-state index contributed by atoms with van der Waals surface area (Å²) in [6.07, 6.45) is 1.63. The van der Waals surface area contributed by atoms with Gasteiger partial charge in [0.15, 0.2) is 9.49 Å². The zero-order valence-corrected chi connectivity index (χ0v) is 40.9. The molecule has 5 aliphatic rings. The molecule has 4 bridgehead atoms. The summed E-state index contributed by atoms with van der Waals surface area (Å²) in [6.45, 7) is 1.37. The third kappa shape index (κ3) is 8.43. The van der Waals surface area contributed by atoms with E-state index in [4.69, 9.17) is 193 Å². The third-order valence-electron chi connectivity index (χ3n) is 10.3. The number of hydrogen-bond donors (Lipinski definition) is 0. The predicted molar refractivity (Wildman–Crippen MR) is 240 cm³/mol. The molecule has 306 valence electrons. The Morgan fingerprint density at radius 2 is 1.18 bits per heavy atom. The Morgan fingerprint density at radius 3 is 1.57 bits per heavy atom. The lowest BCUT2D eigenvalue weighted by Crippen LogP contribution is -2.46. The Kier molecular flexibility index (Phi) is 14.9. The minimum Gasteiger partial charge on any atom is -0.404 e. The zero-order valence-electron chi connectivity index (χ0n) is 28.6. The maximum atomic E-state index is 6.82. The Morgan fingerprint density at radius 1 is 0.750 bits per heavy atom. The molecule has 8 rings (SSSR count). The van der Waals surface area contributed by atoms with Crippen LogP contribution < -0.4 is 4.52 Å². The smallest absolute Gasteiger partial charge is 0.381 e. The topological polar surface area (TPSA) is 53.1 Å². The maximum absolute atomic E-state index is 6.82. The van der Waals surface area contributed by atoms with E-state index in [1.165, 1.54) is 6.07 Å². The highest BCUT2D eigenvalue weighted by atomic mass is 35.6. The van der Waals surface area contributed by atoms with Gasteiger partial charge in [0, 0.05) is 21.9 Å². The van der Waals surface area contributed by atoms with Crippen LogP contribution in [0.1, 0.15) is 37.3 Å². The van der Waals surface area contributed by atoms with Gasteiger partial charge in [0.1, 0.15) is 14.8 Å². The Labute approximate surface area is 400 Å². The molecule has 4 fully saturated rings. The first kappa shape index (κ1) is 47.2. The van der Waals surface area contributed by atoms with Crippen LogP contribution in [0.25, 0.3) is 0 Å². The minimum absolute atomic E-state index is 0.0467. The van der Waals surface area contributed by atoms with Crippen molar-refractivity contribution < 1.29 is 18.3 Å². The molecule has 1 saturated heterocycles. The average molecular weight is 1090 g/mol. The summed E-state index contributed by atoms with van der Waals surface area (Å²) in [5.41, 5.74) is 1.76. The largest absolute Gasteiger partial charge is 0.404 e. The SMILES string of the molecule is CCOP(=S)(OCC)Oc1nc(Cl)c(Cl)cc1Cl.ClC1=C(Cl)C2(Cl)C3C4CC(C5OC45)C3C1(Cl)C2(Cl)Cl.Clc1ccc(C(c2ccc(Cl)cc2)C(Cl)(Cl)Cl)cc1. The van der Waals surface area contributed by atoms with Crippen molar-refractivity contribution >= 4 is 181 Å². The molecule has 0 radical (unpaired) electrons. The summed E-state index contributed by atoms with van der Waals surface area (Å²) in [4.78, 5) is 1.73. The van der Waals surface area contributed by atoms with E-state index in [1.807, 2.05) is 24.3 Å². The van der Waals surface area contributed by atoms with E-state index >= 15 is 0 Å². The lowest BCUT2D eigenvalue weighted by atomic mass is 9.73. The van der Waals surface area contributed by atoms with Crippen LogP contribution in [0, 0.1) is 23.7 Å². The van der Waals surface area contributed by atoms with Crippen LogP contribution in [0.4, 0.5) is 0 Å². The summed E-state index contributed by atoms with van der Waals surface area (Å²) in [7, 11) is 0. The molecule has 0 N–H and O–H groups in total. The van der Waals surface area contributed by atoms with Gasteiger partial charge in [-0.3, -0.25) is 9.05 Å². The number of aromatic nitrogens is 1. The van der Waals surface area contributed by atoms with E-state index in [1.54, 1.807) is 38.1 Å². The quantitative estimate of drug-likeness (QED) is 0.0737. The van der Waals surface area contributed by atoms with Crippen LogP contribution in [-0.2, 0) is 25.6 Å². The molecule has 0 spiro atoms. The number of hydrogen-bond acceptors (Lipinski definition) is 6. The van der Waals surface area contributed by atoms with Crippen molar-refractivity contribution in [2.24, 2.45) is 23.7 Å². The maximum Gasteiger partial charge on any atom is 0.381 e. The molecule has 3 saturated carbocycles. The average Bonchev–Trinajstić information content (AvgIpc) is 3.66. The molecule has 3 aromatic rings. The first-order valence-electron chi connectivity index (χ1n) is 16.7. The predicted octanol–water partition coefficient (Wildman–Crippen LogP) is 15.7. The van der Waals surface area contributed by atoms with Gasteiger partial charge in [0.05, 0.1) is 46.4 Å². The van der Waals surface area contributed by atoms with E-state index in [9.17, 15) is 0 Å². The highest BCUT2D eigenvalue weighted by Crippen LogP contribution is 2.84. The number of benzene rings is 2. The van der Waals surface area contributed by atoms with Crippen molar-refractivity contribution in [3.63, 3.8) is 0 Å². The first-order chi connectivity index (χ1) is 26.1. The highest BCUT2D eigenvalue weighted by Gasteiger charge is 2.89. The fraction of sp³-hybridized carbons (Fsp3) is 0.457. The van der Waals surface area contributed by atoms with Crippen molar-refractivity contribution in [3.05, 3.63) is 101 Å². The molecule has 2 aromatic carbocycles. The van der Waals surface area contributed by atoms with E-state index < -0.39 is 24.6 Å². The lowest BCUT2D eigenvalue weighted by Gasteiger charge is -2.38. The van der Waals surface area contributed by atoms with Crippen LogP contribution in [-0.4, -0.2) is 48.3 Å². The van der Waals surface area contributed by atoms with Gasteiger partial charge in [-0.25, -0.2) is 0 Å². The van der Waals surface area contributed by atoms with E-state index in [-0.39, 0.29) is 51.0 Å². The second-order valence-corrected chi connectivity index (χ2v) is 23.9. The number of allylic oxidation sites excluding steroid dienone is 2. The van der Waals surface area contributed by atoms with Crippen molar-refractivity contribution in [1.82, 2.24) is 4.98 Å². The van der Waals surface area contributed by atoms with Gasteiger partial charge in [0.25, 0.3) is 0 Å². The van der Waals surface area contributed by atoms with Crippen molar-refractivity contribution in [1.29, 1.82) is 0 Å². The minimum atomic E-state index is -2.92. The zero-order chi connectivity index (χ0) is 41.3. The molecule has 8 atom stereocenters. The second-order valence-electron chi connectivity index (χ2n) is 13.3. The van der Waals surface area contributed by atoms with E-state index in [0.29, 0.717) is 45.2 Å². The number of alkyl halides is 7. The number of ether oxygens (including phenoxy) is 1. The van der Waals surface area contributed by atoms with Crippen LogP contribution in [0.5, 0.6) is 5.88 Å². The van der Waals surface area contributed by atoms with Crippen molar-refractivity contribution in [2.45, 2.75) is 56.3 Å². The number of halogens is 14.